The van der Waals surface area contributed by atoms with Gasteiger partial charge in [0.15, 0.2) is 0 Å². The smallest absolute Gasteiger partial charge is 0.119 e. The maximum atomic E-state index is 5.74. The number of nitrogen functional groups attached to an aromatic ring is 1. The molecule has 0 saturated carbocycles. The summed E-state index contributed by atoms with van der Waals surface area (Å²) >= 11 is 0. The number of nitrogens with two attached hydrogens (primary N) is 1. The molecular weight excluding hydrogens is 198 g/mol. The summed E-state index contributed by atoms with van der Waals surface area (Å²) in [5.41, 5.74) is 8.84. The average molecular weight is 213 g/mol. The number of benzene rings is 2. The second-order valence-corrected chi connectivity index (χ2v) is 3.79. The first-order valence-corrected chi connectivity index (χ1v) is 5.28. The lowest BCUT2D eigenvalue weighted by atomic mass is 10.1. The molecule has 2 aromatic rings. The van der Waals surface area contributed by atoms with Crippen LogP contribution in [0.15, 0.2) is 48.5 Å². The second-order valence-electron chi connectivity index (χ2n) is 3.79. The van der Waals surface area contributed by atoms with Crippen LogP contribution in [0.3, 0.4) is 0 Å². The van der Waals surface area contributed by atoms with E-state index >= 15 is 0 Å². The van der Waals surface area contributed by atoms with E-state index in [9.17, 15) is 0 Å². The van der Waals surface area contributed by atoms with Crippen LogP contribution in [0.5, 0.6) is 5.75 Å². The van der Waals surface area contributed by atoms with Gasteiger partial charge in [0.1, 0.15) is 12.4 Å². The van der Waals surface area contributed by atoms with Crippen molar-refractivity contribution < 1.29 is 4.74 Å². The Morgan fingerprint density at radius 1 is 1.06 bits per heavy atom. The van der Waals surface area contributed by atoms with Crippen LogP contribution in [-0.4, -0.2) is 0 Å². The summed E-state index contributed by atoms with van der Waals surface area (Å²) in [6, 6.07) is 15.7. The van der Waals surface area contributed by atoms with Crippen LogP contribution < -0.4 is 10.5 Å². The van der Waals surface area contributed by atoms with Crippen molar-refractivity contribution in [3.63, 3.8) is 0 Å². The molecule has 2 N–H and O–H groups in total. The van der Waals surface area contributed by atoms with Crippen LogP contribution in [0.25, 0.3) is 0 Å². The highest BCUT2D eigenvalue weighted by Crippen LogP contribution is 2.16. The van der Waals surface area contributed by atoms with Crippen molar-refractivity contribution in [3.8, 4) is 5.75 Å². The largest absolute Gasteiger partial charge is 0.489 e. The fourth-order valence-electron chi connectivity index (χ4n) is 1.52. The van der Waals surface area contributed by atoms with Crippen LogP contribution in [-0.2, 0) is 6.61 Å². The van der Waals surface area contributed by atoms with Gasteiger partial charge in [-0.25, -0.2) is 0 Å². The van der Waals surface area contributed by atoms with E-state index in [4.69, 9.17) is 10.5 Å². The normalized spacial score (nSPS) is 10.1. The quantitative estimate of drug-likeness (QED) is 0.795. The Hall–Kier alpha value is -1.96. The number of aryl methyl sites for hydroxylation is 1. The standard InChI is InChI=1S/C14H15NO/c1-11-7-8-13(15)9-12(11)10-16-14-5-3-2-4-6-14/h2-9H,10,15H2,1H3. The summed E-state index contributed by atoms with van der Waals surface area (Å²) in [6.45, 7) is 2.62. The maximum Gasteiger partial charge on any atom is 0.119 e. The minimum absolute atomic E-state index is 0.556. The summed E-state index contributed by atoms with van der Waals surface area (Å²) < 4.78 is 5.67. The molecule has 2 aromatic carbocycles. The lowest BCUT2D eigenvalue weighted by Crippen LogP contribution is -1.99. The van der Waals surface area contributed by atoms with Gasteiger partial charge in [-0.15, -0.1) is 0 Å². The van der Waals surface area contributed by atoms with Gasteiger partial charge in [0.25, 0.3) is 0 Å². The Bertz CT molecular complexity index is 465. The lowest BCUT2D eigenvalue weighted by Gasteiger charge is -2.09. The Balaban J connectivity index is 2.08. The topological polar surface area (TPSA) is 35.2 Å². The van der Waals surface area contributed by atoms with Crippen LogP contribution in [0.2, 0.25) is 0 Å². The first-order chi connectivity index (χ1) is 7.75. The molecule has 2 heteroatoms. The molecule has 0 aliphatic heterocycles. The number of para-hydroxylation sites is 1. The second kappa shape index (κ2) is 4.71. The van der Waals surface area contributed by atoms with Crippen molar-refractivity contribution >= 4 is 5.69 Å². The van der Waals surface area contributed by atoms with Gasteiger partial charge < -0.3 is 10.5 Å². The molecule has 2 rings (SSSR count). The molecule has 0 heterocycles. The van der Waals surface area contributed by atoms with Crippen LogP contribution in [0.4, 0.5) is 5.69 Å². The first kappa shape index (κ1) is 10.6. The van der Waals surface area contributed by atoms with Crippen molar-refractivity contribution in [3.05, 3.63) is 59.7 Å². The molecule has 2 nitrogen and oxygen atoms in total. The third-order valence-electron chi connectivity index (χ3n) is 2.51. The van der Waals surface area contributed by atoms with Gasteiger partial charge in [-0.05, 0) is 42.3 Å². The van der Waals surface area contributed by atoms with E-state index in [1.54, 1.807) is 0 Å². The number of anilines is 1. The minimum atomic E-state index is 0.556. The molecule has 0 aromatic heterocycles. The van der Waals surface area contributed by atoms with Gasteiger partial charge in [-0.3, -0.25) is 0 Å². The van der Waals surface area contributed by atoms with E-state index in [1.807, 2.05) is 48.5 Å². The summed E-state index contributed by atoms with van der Waals surface area (Å²) in [6.07, 6.45) is 0. The lowest BCUT2D eigenvalue weighted by molar-refractivity contribution is 0.305. The highest BCUT2D eigenvalue weighted by Gasteiger charge is 2.00. The van der Waals surface area contributed by atoms with E-state index in [1.165, 1.54) is 5.56 Å². The summed E-state index contributed by atoms with van der Waals surface area (Å²) in [5.74, 6) is 0.879. The molecule has 0 unspecified atom stereocenters. The summed E-state index contributed by atoms with van der Waals surface area (Å²) in [4.78, 5) is 0. The van der Waals surface area contributed by atoms with E-state index < -0.39 is 0 Å². The van der Waals surface area contributed by atoms with E-state index in [0.29, 0.717) is 6.61 Å². The molecule has 0 saturated heterocycles. The fraction of sp³-hybridized carbons (Fsp3) is 0.143. The molecule has 0 aliphatic rings. The van der Waals surface area contributed by atoms with Crippen LogP contribution in [0.1, 0.15) is 11.1 Å². The number of rotatable bonds is 3. The van der Waals surface area contributed by atoms with Crippen molar-refractivity contribution in [1.82, 2.24) is 0 Å². The number of ether oxygens (including phenoxy) is 1. The summed E-state index contributed by atoms with van der Waals surface area (Å²) in [7, 11) is 0. The SMILES string of the molecule is Cc1ccc(N)cc1COc1ccccc1. The van der Waals surface area contributed by atoms with E-state index in [0.717, 1.165) is 17.0 Å². The zero-order valence-electron chi connectivity index (χ0n) is 9.31. The Morgan fingerprint density at radius 3 is 2.56 bits per heavy atom. The monoisotopic (exact) mass is 213 g/mol. The molecule has 0 aliphatic carbocycles. The highest BCUT2D eigenvalue weighted by atomic mass is 16.5. The van der Waals surface area contributed by atoms with Crippen molar-refractivity contribution in [2.75, 3.05) is 5.73 Å². The highest BCUT2D eigenvalue weighted by molar-refractivity contribution is 5.44. The molecular formula is C14H15NO. The van der Waals surface area contributed by atoms with Crippen LogP contribution in [0, 0.1) is 6.92 Å². The predicted octanol–water partition coefficient (Wildman–Crippen LogP) is 3.16. The molecule has 0 atom stereocenters. The Kier molecular flexibility index (Phi) is 3.10. The van der Waals surface area contributed by atoms with Gasteiger partial charge in [0.05, 0.1) is 0 Å². The molecule has 0 fully saturated rings. The zero-order valence-corrected chi connectivity index (χ0v) is 9.31. The molecule has 0 bridgehead atoms. The molecule has 0 spiro atoms. The van der Waals surface area contributed by atoms with E-state index in [-0.39, 0.29) is 0 Å². The first-order valence-electron chi connectivity index (χ1n) is 5.28. The van der Waals surface area contributed by atoms with Crippen LogP contribution >= 0.6 is 0 Å². The minimum Gasteiger partial charge on any atom is -0.489 e. The van der Waals surface area contributed by atoms with Crippen molar-refractivity contribution in [1.29, 1.82) is 0 Å². The van der Waals surface area contributed by atoms with E-state index in [2.05, 4.69) is 6.92 Å². The molecule has 0 radical (unpaired) electrons. The third kappa shape index (κ3) is 2.54. The van der Waals surface area contributed by atoms with Gasteiger partial charge in [-0.2, -0.15) is 0 Å². The zero-order chi connectivity index (χ0) is 11.4. The Morgan fingerprint density at radius 2 is 1.81 bits per heavy atom. The molecule has 82 valence electrons. The van der Waals surface area contributed by atoms with Crippen molar-refractivity contribution in [2.24, 2.45) is 0 Å². The van der Waals surface area contributed by atoms with Gasteiger partial charge in [0, 0.05) is 5.69 Å². The van der Waals surface area contributed by atoms with Gasteiger partial charge >= 0.3 is 0 Å². The van der Waals surface area contributed by atoms with Crippen molar-refractivity contribution in [2.45, 2.75) is 13.5 Å². The predicted molar refractivity (Wildman–Crippen MR) is 66.4 cm³/mol. The maximum absolute atomic E-state index is 5.74. The fourth-order valence-corrected chi connectivity index (χ4v) is 1.52. The van der Waals surface area contributed by atoms with Gasteiger partial charge in [0.2, 0.25) is 0 Å². The van der Waals surface area contributed by atoms with Gasteiger partial charge in [-0.1, -0.05) is 24.3 Å². The molecule has 16 heavy (non-hydrogen) atoms. The third-order valence-corrected chi connectivity index (χ3v) is 2.51. The summed E-state index contributed by atoms with van der Waals surface area (Å²) in [5, 5.41) is 0. The molecule has 0 amide bonds. The number of hydrogen-bond donors (Lipinski definition) is 1. The Labute approximate surface area is 95.7 Å². The average Bonchev–Trinajstić information content (AvgIpc) is 2.32. The number of hydrogen-bond acceptors (Lipinski definition) is 2.